The second-order valence-corrected chi connectivity index (χ2v) is 5.90. The third-order valence-electron chi connectivity index (χ3n) is 1.60. The molecular formula is C8H5BrClNO3S. The fourth-order valence-corrected chi connectivity index (χ4v) is 3.53. The van der Waals surface area contributed by atoms with Crippen LogP contribution in [-0.2, 0) is 9.05 Å². The molecule has 1 aromatic carbocycles. The summed E-state index contributed by atoms with van der Waals surface area (Å²) in [7, 11) is 2.61. The SMILES string of the molecule is COc1cc(C#N)cc(Br)c1S(=O)(=O)Cl. The number of hydrogen-bond acceptors (Lipinski definition) is 4. The highest BCUT2D eigenvalue weighted by molar-refractivity contribution is 9.10. The lowest BCUT2D eigenvalue weighted by Crippen LogP contribution is -1.98. The average molecular weight is 311 g/mol. The fraction of sp³-hybridized carbons (Fsp3) is 0.125. The second kappa shape index (κ2) is 4.39. The lowest BCUT2D eigenvalue weighted by Gasteiger charge is -2.07. The van der Waals surface area contributed by atoms with E-state index in [1.165, 1.54) is 19.2 Å². The van der Waals surface area contributed by atoms with Crippen molar-refractivity contribution in [2.45, 2.75) is 4.90 Å². The van der Waals surface area contributed by atoms with E-state index in [1.807, 2.05) is 6.07 Å². The molecule has 0 N–H and O–H groups in total. The van der Waals surface area contributed by atoms with Crippen molar-refractivity contribution in [3.05, 3.63) is 22.2 Å². The van der Waals surface area contributed by atoms with Gasteiger partial charge in [-0.15, -0.1) is 0 Å². The van der Waals surface area contributed by atoms with Crippen molar-refractivity contribution in [2.24, 2.45) is 0 Å². The molecule has 0 spiro atoms. The molecule has 0 bridgehead atoms. The molecule has 1 aromatic rings. The Morgan fingerprint density at radius 2 is 2.13 bits per heavy atom. The van der Waals surface area contributed by atoms with Crippen LogP contribution < -0.4 is 4.74 Å². The van der Waals surface area contributed by atoms with Crippen molar-refractivity contribution in [3.8, 4) is 11.8 Å². The van der Waals surface area contributed by atoms with Crippen LogP contribution in [0.5, 0.6) is 5.75 Å². The fourth-order valence-electron chi connectivity index (χ4n) is 1.02. The molecule has 0 saturated heterocycles. The number of nitriles is 1. The van der Waals surface area contributed by atoms with Gasteiger partial charge < -0.3 is 4.74 Å². The Bertz CT molecular complexity index is 536. The molecule has 0 saturated carbocycles. The largest absolute Gasteiger partial charge is 0.495 e. The topological polar surface area (TPSA) is 67.2 Å². The van der Waals surface area contributed by atoms with Crippen LogP contribution in [0.4, 0.5) is 0 Å². The molecule has 0 aromatic heterocycles. The smallest absolute Gasteiger partial charge is 0.266 e. The van der Waals surface area contributed by atoms with E-state index in [-0.39, 0.29) is 20.7 Å². The number of rotatable bonds is 2. The number of hydrogen-bond donors (Lipinski definition) is 0. The minimum Gasteiger partial charge on any atom is -0.495 e. The van der Waals surface area contributed by atoms with E-state index in [0.29, 0.717) is 0 Å². The van der Waals surface area contributed by atoms with Crippen molar-refractivity contribution in [2.75, 3.05) is 7.11 Å². The lowest BCUT2D eigenvalue weighted by molar-refractivity contribution is 0.402. The van der Waals surface area contributed by atoms with Gasteiger partial charge in [0.05, 0.1) is 18.7 Å². The highest BCUT2D eigenvalue weighted by atomic mass is 79.9. The quantitative estimate of drug-likeness (QED) is 0.786. The van der Waals surface area contributed by atoms with E-state index in [9.17, 15) is 8.42 Å². The van der Waals surface area contributed by atoms with Crippen molar-refractivity contribution < 1.29 is 13.2 Å². The van der Waals surface area contributed by atoms with Gasteiger partial charge in [-0.1, -0.05) is 0 Å². The molecule has 0 aliphatic heterocycles. The van der Waals surface area contributed by atoms with Crippen molar-refractivity contribution >= 4 is 35.7 Å². The summed E-state index contributed by atoms with van der Waals surface area (Å²) in [6.07, 6.45) is 0. The Morgan fingerprint density at radius 1 is 1.53 bits per heavy atom. The first-order valence-corrected chi connectivity index (χ1v) is 6.72. The Balaban J connectivity index is 3.61. The molecule has 0 atom stereocenters. The van der Waals surface area contributed by atoms with Gasteiger partial charge >= 0.3 is 0 Å². The third kappa shape index (κ3) is 2.62. The van der Waals surface area contributed by atoms with Gasteiger partial charge in [0.2, 0.25) is 0 Å². The minimum absolute atomic E-state index is 0.0379. The van der Waals surface area contributed by atoms with Gasteiger partial charge in [0, 0.05) is 15.2 Å². The van der Waals surface area contributed by atoms with Crippen LogP contribution in [0.15, 0.2) is 21.5 Å². The van der Waals surface area contributed by atoms with Crippen LogP contribution in [-0.4, -0.2) is 15.5 Å². The second-order valence-electron chi connectivity index (χ2n) is 2.54. The van der Waals surface area contributed by atoms with E-state index in [4.69, 9.17) is 20.7 Å². The summed E-state index contributed by atoms with van der Waals surface area (Å²) in [5, 5.41) is 8.67. The zero-order valence-electron chi connectivity index (χ0n) is 7.49. The van der Waals surface area contributed by atoms with Gasteiger partial charge in [-0.3, -0.25) is 0 Å². The highest BCUT2D eigenvalue weighted by Gasteiger charge is 2.21. The van der Waals surface area contributed by atoms with E-state index in [1.54, 1.807) is 0 Å². The normalized spacial score (nSPS) is 10.8. The number of methoxy groups -OCH3 is 1. The summed E-state index contributed by atoms with van der Waals surface area (Å²) in [6.45, 7) is 0. The molecule has 1 rings (SSSR count). The van der Waals surface area contributed by atoms with E-state index >= 15 is 0 Å². The van der Waals surface area contributed by atoms with Gasteiger partial charge in [-0.2, -0.15) is 5.26 Å². The van der Waals surface area contributed by atoms with Gasteiger partial charge in [0.1, 0.15) is 10.6 Å². The minimum atomic E-state index is -3.91. The van der Waals surface area contributed by atoms with Crippen LogP contribution in [0.2, 0.25) is 0 Å². The Kier molecular flexibility index (Phi) is 3.60. The lowest BCUT2D eigenvalue weighted by atomic mass is 10.2. The van der Waals surface area contributed by atoms with Crippen molar-refractivity contribution in [3.63, 3.8) is 0 Å². The Labute approximate surface area is 100.0 Å². The molecule has 0 amide bonds. The van der Waals surface area contributed by atoms with Crippen molar-refractivity contribution in [1.29, 1.82) is 5.26 Å². The van der Waals surface area contributed by atoms with Gasteiger partial charge in [-0.25, -0.2) is 8.42 Å². The molecule has 0 radical (unpaired) electrons. The van der Waals surface area contributed by atoms with Crippen LogP contribution in [0.1, 0.15) is 5.56 Å². The zero-order chi connectivity index (χ0) is 11.6. The molecule has 7 heteroatoms. The van der Waals surface area contributed by atoms with E-state index in [0.717, 1.165) is 0 Å². The maximum atomic E-state index is 11.2. The summed E-state index contributed by atoms with van der Waals surface area (Å²) in [5.74, 6) is 0.0379. The van der Waals surface area contributed by atoms with Crippen molar-refractivity contribution in [1.82, 2.24) is 0 Å². The monoisotopic (exact) mass is 309 g/mol. The van der Waals surface area contributed by atoms with E-state index in [2.05, 4.69) is 15.9 Å². The number of halogens is 2. The maximum absolute atomic E-state index is 11.2. The molecule has 80 valence electrons. The summed E-state index contributed by atoms with van der Waals surface area (Å²) in [6, 6.07) is 4.54. The average Bonchev–Trinajstić information content (AvgIpc) is 2.14. The number of benzene rings is 1. The molecular weight excluding hydrogens is 306 g/mol. The van der Waals surface area contributed by atoms with Crippen LogP contribution in [0, 0.1) is 11.3 Å². The molecule has 0 unspecified atom stereocenters. The third-order valence-corrected chi connectivity index (χ3v) is 3.86. The van der Waals surface area contributed by atoms with Gasteiger partial charge in [0.15, 0.2) is 0 Å². The Hall–Kier alpha value is -0.770. The summed E-state index contributed by atoms with van der Waals surface area (Å²) >= 11 is 3.02. The highest BCUT2D eigenvalue weighted by Crippen LogP contribution is 2.34. The summed E-state index contributed by atoms with van der Waals surface area (Å²) in [4.78, 5) is -0.175. The zero-order valence-corrected chi connectivity index (χ0v) is 10.6. The molecule has 0 aliphatic carbocycles. The Morgan fingerprint density at radius 3 is 2.53 bits per heavy atom. The van der Waals surface area contributed by atoms with E-state index < -0.39 is 9.05 Å². The predicted octanol–water partition coefficient (Wildman–Crippen LogP) is 2.26. The molecule has 0 fully saturated rings. The van der Waals surface area contributed by atoms with Crippen LogP contribution >= 0.6 is 26.6 Å². The van der Waals surface area contributed by atoms with Crippen LogP contribution in [0.25, 0.3) is 0 Å². The standard InChI is InChI=1S/C8H5BrClNO3S/c1-14-7-3-5(4-11)2-6(9)8(7)15(10,12)13/h2-3H,1H3. The predicted molar refractivity (Wildman–Crippen MR) is 58.4 cm³/mol. The molecule has 4 nitrogen and oxygen atoms in total. The maximum Gasteiger partial charge on any atom is 0.266 e. The van der Waals surface area contributed by atoms with Gasteiger partial charge in [0.25, 0.3) is 9.05 Å². The molecule has 15 heavy (non-hydrogen) atoms. The first-order chi connectivity index (χ1) is 6.90. The summed E-state index contributed by atoms with van der Waals surface area (Å²) < 4.78 is 27.5. The first kappa shape index (κ1) is 12.3. The first-order valence-electron chi connectivity index (χ1n) is 3.62. The number of nitrogens with zero attached hydrogens (tertiary/aromatic N) is 1. The molecule has 0 heterocycles. The molecule has 0 aliphatic rings. The van der Waals surface area contributed by atoms with Gasteiger partial charge in [-0.05, 0) is 28.1 Å². The van der Waals surface area contributed by atoms with Crippen LogP contribution in [0.3, 0.4) is 0 Å². The summed E-state index contributed by atoms with van der Waals surface area (Å²) in [5.41, 5.74) is 0.280. The number of ether oxygens (including phenoxy) is 1.